The second-order valence-electron chi connectivity index (χ2n) is 5.53. The van der Waals surface area contributed by atoms with Crippen molar-refractivity contribution in [3.63, 3.8) is 0 Å². The summed E-state index contributed by atoms with van der Waals surface area (Å²) < 4.78 is 5.15. The summed E-state index contributed by atoms with van der Waals surface area (Å²) in [5.74, 6) is 0.489. The summed E-state index contributed by atoms with van der Waals surface area (Å²) in [4.78, 5) is 26.5. The molecule has 2 aromatic rings. The van der Waals surface area contributed by atoms with E-state index in [-0.39, 0.29) is 11.6 Å². The highest BCUT2D eigenvalue weighted by Crippen LogP contribution is 2.35. The second kappa shape index (κ2) is 7.40. The largest absolute Gasteiger partial charge is 0.465 e. The summed E-state index contributed by atoms with van der Waals surface area (Å²) in [6, 6.07) is 8.14. The van der Waals surface area contributed by atoms with Crippen LogP contribution in [0.5, 0.6) is 0 Å². The van der Waals surface area contributed by atoms with Gasteiger partial charge in [-0.2, -0.15) is 0 Å². The van der Waals surface area contributed by atoms with Crippen molar-refractivity contribution in [3.8, 4) is 0 Å². The van der Waals surface area contributed by atoms with Gasteiger partial charge in [0, 0.05) is 38.3 Å². The Morgan fingerprint density at radius 3 is 2.60 bits per heavy atom. The van der Waals surface area contributed by atoms with Crippen LogP contribution in [0, 0.1) is 10.1 Å². The fourth-order valence-corrected chi connectivity index (χ4v) is 3.05. The maximum absolute atomic E-state index is 12.2. The molecule has 0 bridgehead atoms. The number of anilines is 1. The molecular weight excluding hydrogens is 346 g/mol. The van der Waals surface area contributed by atoms with Gasteiger partial charge >= 0.3 is 0 Å². The number of nitrogens with zero attached hydrogens (tertiary/aromatic N) is 3. The van der Waals surface area contributed by atoms with E-state index in [0.717, 1.165) is 0 Å². The molecule has 1 aromatic heterocycles. The van der Waals surface area contributed by atoms with E-state index in [1.807, 2.05) is 4.90 Å². The van der Waals surface area contributed by atoms with Gasteiger partial charge in [-0.1, -0.05) is 17.7 Å². The number of amides is 1. The SMILES string of the molecule is O=C(/C=C/c1ccco1)N1CCN(c2c(Cl)cccc2[N+](=O)[O-])CC1. The molecular formula is C17H16ClN3O4. The van der Waals surface area contributed by atoms with Crippen molar-refractivity contribution in [2.45, 2.75) is 0 Å². The molecule has 0 atom stereocenters. The lowest BCUT2D eigenvalue weighted by molar-refractivity contribution is -0.384. The molecule has 2 heterocycles. The lowest BCUT2D eigenvalue weighted by atomic mass is 10.2. The first-order valence-electron chi connectivity index (χ1n) is 7.74. The van der Waals surface area contributed by atoms with Gasteiger partial charge in [0.15, 0.2) is 0 Å². The average molecular weight is 362 g/mol. The van der Waals surface area contributed by atoms with Crippen molar-refractivity contribution in [3.05, 3.63) is 63.6 Å². The number of nitro groups is 1. The van der Waals surface area contributed by atoms with Crippen LogP contribution in [0.25, 0.3) is 6.08 Å². The van der Waals surface area contributed by atoms with Gasteiger partial charge in [0.2, 0.25) is 5.91 Å². The standard InChI is InChI=1S/C17H16ClN3O4/c18-14-4-1-5-15(21(23)24)17(14)20-10-8-19(9-11-20)16(22)7-6-13-3-2-12-25-13/h1-7,12H,8-11H2/b7-6+. The number of hydrogen-bond acceptors (Lipinski definition) is 5. The Bertz CT molecular complexity index is 796. The van der Waals surface area contributed by atoms with Crippen molar-refractivity contribution in [1.29, 1.82) is 0 Å². The number of carbonyl (C=O) groups is 1. The first kappa shape index (κ1) is 17.0. The topological polar surface area (TPSA) is 79.8 Å². The number of benzene rings is 1. The van der Waals surface area contributed by atoms with Crippen LogP contribution in [-0.2, 0) is 4.79 Å². The number of rotatable bonds is 4. The van der Waals surface area contributed by atoms with Gasteiger partial charge in [0.25, 0.3) is 5.69 Å². The first-order chi connectivity index (χ1) is 12.1. The molecule has 0 N–H and O–H groups in total. The molecule has 1 aromatic carbocycles. The van der Waals surface area contributed by atoms with E-state index in [1.165, 1.54) is 12.1 Å². The van der Waals surface area contributed by atoms with E-state index in [4.69, 9.17) is 16.0 Å². The van der Waals surface area contributed by atoms with Crippen molar-refractivity contribution >= 4 is 35.0 Å². The van der Waals surface area contributed by atoms with Gasteiger partial charge in [-0.15, -0.1) is 0 Å². The molecule has 1 saturated heterocycles. The Hall–Kier alpha value is -2.80. The predicted molar refractivity (Wildman–Crippen MR) is 94.6 cm³/mol. The molecule has 3 rings (SSSR count). The first-order valence-corrected chi connectivity index (χ1v) is 8.12. The highest BCUT2D eigenvalue weighted by molar-refractivity contribution is 6.33. The third-order valence-corrected chi connectivity index (χ3v) is 4.31. The molecule has 1 aliphatic rings. The minimum atomic E-state index is -0.440. The van der Waals surface area contributed by atoms with Gasteiger partial charge in [-0.05, 0) is 24.3 Å². The third kappa shape index (κ3) is 3.83. The normalized spacial score (nSPS) is 14.9. The number of hydrogen-bond donors (Lipinski definition) is 0. The Morgan fingerprint density at radius 1 is 1.20 bits per heavy atom. The zero-order valence-corrected chi connectivity index (χ0v) is 14.1. The van der Waals surface area contributed by atoms with Crippen molar-refractivity contribution in [2.24, 2.45) is 0 Å². The highest BCUT2D eigenvalue weighted by atomic mass is 35.5. The number of nitro benzene ring substituents is 1. The molecule has 0 radical (unpaired) electrons. The summed E-state index contributed by atoms with van der Waals surface area (Å²) >= 11 is 6.16. The Kier molecular flexibility index (Phi) is 5.04. The molecule has 0 saturated carbocycles. The van der Waals surface area contributed by atoms with E-state index in [9.17, 15) is 14.9 Å². The molecule has 1 amide bonds. The second-order valence-corrected chi connectivity index (χ2v) is 5.93. The molecule has 0 aliphatic carbocycles. The minimum absolute atomic E-state index is 0.0232. The summed E-state index contributed by atoms with van der Waals surface area (Å²) in [6.07, 6.45) is 4.62. The zero-order valence-electron chi connectivity index (χ0n) is 13.3. The van der Waals surface area contributed by atoms with Gasteiger partial charge in [-0.3, -0.25) is 14.9 Å². The maximum atomic E-state index is 12.2. The third-order valence-electron chi connectivity index (χ3n) is 4.00. The minimum Gasteiger partial charge on any atom is -0.465 e. The Labute approximate surface area is 149 Å². The monoisotopic (exact) mass is 361 g/mol. The molecule has 7 nitrogen and oxygen atoms in total. The van der Waals surface area contributed by atoms with Gasteiger partial charge < -0.3 is 14.2 Å². The van der Waals surface area contributed by atoms with Crippen molar-refractivity contribution in [2.75, 3.05) is 31.1 Å². The van der Waals surface area contributed by atoms with Gasteiger partial charge in [-0.25, -0.2) is 0 Å². The van der Waals surface area contributed by atoms with Gasteiger partial charge in [0.05, 0.1) is 16.2 Å². The predicted octanol–water partition coefficient (Wildman–Crippen LogP) is 3.20. The van der Waals surface area contributed by atoms with Crippen LogP contribution >= 0.6 is 11.6 Å². The van der Waals surface area contributed by atoms with E-state index in [1.54, 1.807) is 41.5 Å². The van der Waals surface area contributed by atoms with Crippen LogP contribution in [0.4, 0.5) is 11.4 Å². The quantitative estimate of drug-likeness (QED) is 0.474. The summed E-state index contributed by atoms with van der Waals surface area (Å²) in [7, 11) is 0. The van der Waals surface area contributed by atoms with Gasteiger partial charge in [0.1, 0.15) is 11.4 Å². The molecule has 130 valence electrons. The van der Waals surface area contributed by atoms with Crippen LogP contribution < -0.4 is 4.90 Å². The fourth-order valence-electron chi connectivity index (χ4n) is 2.76. The van der Waals surface area contributed by atoms with E-state index in [0.29, 0.717) is 42.6 Å². The summed E-state index contributed by atoms with van der Waals surface area (Å²) in [5.41, 5.74) is 0.386. The van der Waals surface area contributed by atoms with E-state index in [2.05, 4.69) is 0 Å². The molecule has 25 heavy (non-hydrogen) atoms. The van der Waals surface area contributed by atoms with Crippen LogP contribution in [0.1, 0.15) is 5.76 Å². The molecule has 8 heteroatoms. The Morgan fingerprint density at radius 2 is 1.96 bits per heavy atom. The van der Waals surface area contributed by atoms with Crippen molar-refractivity contribution < 1.29 is 14.1 Å². The highest BCUT2D eigenvalue weighted by Gasteiger charge is 2.27. The van der Waals surface area contributed by atoms with E-state index < -0.39 is 4.92 Å². The van der Waals surface area contributed by atoms with Crippen LogP contribution in [0.15, 0.2) is 47.1 Å². The molecule has 1 fully saturated rings. The summed E-state index contributed by atoms with van der Waals surface area (Å²) in [6.45, 7) is 1.88. The number of furan rings is 1. The molecule has 0 unspecified atom stereocenters. The van der Waals surface area contributed by atoms with Crippen LogP contribution in [-0.4, -0.2) is 41.9 Å². The van der Waals surface area contributed by atoms with Crippen LogP contribution in [0.3, 0.4) is 0 Å². The Balaban J connectivity index is 1.66. The zero-order chi connectivity index (χ0) is 17.8. The van der Waals surface area contributed by atoms with Crippen LogP contribution in [0.2, 0.25) is 5.02 Å². The number of piperazine rings is 1. The number of halogens is 1. The lowest BCUT2D eigenvalue weighted by Gasteiger charge is -2.35. The maximum Gasteiger partial charge on any atom is 0.294 e. The molecule has 0 spiro atoms. The number of carbonyl (C=O) groups excluding carboxylic acids is 1. The smallest absolute Gasteiger partial charge is 0.294 e. The summed E-state index contributed by atoms with van der Waals surface area (Å²) in [5, 5.41) is 11.6. The van der Waals surface area contributed by atoms with Crippen molar-refractivity contribution in [1.82, 2.24) is 4.90 Å². The average Bonchev–Trinajstić information content (AvgIpc) is 3.13. The molecule has 1 aliphatic heterocycles. The number of para-hydroxylation sites is 1. The lowest BCUT2D eigenvalue weighted by Crippen LogP contribution is -2.48. The van der Waals surface area contributed by atoms with E-state index >= 15 is 0 Å². The fraction of sp³-hybridized carbons (Fsp3) is 0.235.